The van der Waals surface area contributed by atoms with Gasteiger partial charge in [-0.3, -0.25) is 14.7 Å². The van der Waals surface area contributed by atoms with Crippen LogP contribution in [0.5, 0.6) is 0 Å². The number of hydrogen-bond acceptors (Lipinski definition) is 6. The van der Waals surface area contributed by atoms with Gasteiger partial charge in [-0.2, -0.15) is 0 Å². The van der Waals surface area contributed by atoms with Gasteiger partial charge in [-0.1, -0.05) is 30.3 Å². The van der Waals surface area contributed by atoms with Crippen molar-refractivity contribution >= 4 is 17.8 Å². The van der Waals surface area contributed by atoms with Gasteiger partial charge in [0.2, 0.25) is 0 Å². The molecule has 0 saturated heterocycles. The summed E-state index contributed by atoms with van der Waals surface area (Å²) in [4.78, 5) is 21.2. The minimum absolute atomic E-state index is 0.0413. The van der Waals surface area contributed by atoms with Gasteiger partial charge in [-0.15, -0.1) is 0 Å². The molecule has 4 rings (SSSR count). The number of nitrogens with two attached hydrogens (primary N) is 1. The Morgan fingerprint density at radius 3 is 2.72 bits per heavy atom. The lowest BCUT2D eigenvalue weighted by molar-refractivity contribution is 0.0493. The highest BCUT2D eigenvalue weighted by atomic mass is 16.3. The minimum Gasteiger partial charge on any atom is -0.403 e. The number of benzene rings is 2. The topological polar surface area (TPSA) is 94.2 Å². The van der Waals surface area contributed by atoms with E-state index in [1.54, 1.807) is 18.2 Å². The molecule has 0 spiro atoms. The van der Waals surface area contributed by atoms with Crippen molar-refractivity contribution in [2.24, 2.45) is 10.7 Å². The van der Waals surface area contributed by atoms with E-state index in [4.69, 9.17) is 5.73 Å². The second-order valence-electron chi connectivity index (χ2n) is 8.42. The first-order valence-electron chi connectivity index (χ1n) is 11.1. The summed E-state index contributed by atoms with van der Waals surface area (Å²) in [6.45, 7) is 3.29. The maximum atomic E-state index is 13.1. The largest absolute Gasteiger partial charge is 0.403 e. The van der Waals surface area contributed by atoms with Crippen LogP contribution in [0, 0.1) is 0 Å². The van der Waals surface area contributed by atoms with Crippen LogP contribution in [-0.4, -0.2) is 66.4 Å². The van der Waals surface area contributed by atoms with E-state index in [1.165, 1.54) is 17.3 Å². The summed E-state index contributed by atoms with van der Waals surface area (Å²) in [7, 11) is 1.67. The third-order valence-electron chi connectivity index (χ3n) is 6.12. The van der Waals surface area contributed by atoms with Crippen molar-refractivity contribution in [1.29, 1.82) is 0 Å². The molecule has 0 bridgehead atoms. The van der Waals surface area contributed by atoms with Crippen LogP contribution in [0.3, 0.4) is 0 Å². The fraction of sp³-hybridized carbons (Fsp3) is 0.360. The van der Waals surface area contributed by atoms with Gasteiger partial charge in [0.25, 0.3) is 5.91 Å². The van der Waals surface area contributed by atoms with Crippen molar-refractivity contribution < 1.29 is 9.90 Å². The van der Waals surface area contributed by atoms with Gasteiger partial charge in [0.15, 0.2) is 0 Å². The van der Waals surface area contributed by atoms with Gasteiger partial charge in [0.05, 0.1) is 11.8 Å². The number of allylic oxidation sites excluding steroid dienone is 1. The molecule has 7 nitrogen and oxygen atoms in total. The zero-order valence-corrected chi connectivity index (χ0v) is 18.5. The van der Waals surface area contributed by atoms with Crippen LogP contribution in [0.15, 0.2) is 59.4 Å². The first-order valence-corrected chi connectivity index (χ1v) is 11.1. The number of carbonyl (C=O) groups excluding carboxylic acids is 1. The monoisotopic (exact) mass is 433 g/mol. The molecule has 0 aliphatic carbocycles. The highest BCUT2D eigenvalue weighted by molar-refractivity contribution is 5.98. The molecular formula is C25H31N5O2. The molecule has 2 aromatic carbocycles. The highest BCUT2D eigenvalue weighted by Gasteiger charge is 2.27. The van der Waals surface area contributed by atoms with E-state index in [9.17, 15) is 9.90 Å². The van der Waals surface area contributed by atoms with E-state index < -0.39 is 6.10 Å². The minimum atomic E-state index is -0.584. The second kappa shape index (κ2) is 9.97. The smallest absolute Gasteiger partial charge is 0.254 e. The number of fused-ring (bicyclic) bond motifs is 2. The third-order valence-corrected chi connectivity index (χ3v) is 6.12. The Kier molecular flexibility index (Phi) is 6.87. The van der Waals surface area contributed by atoms with Crippen LogP contribution >= 0.6 is 0 Å². The second-order valence-corrected chi connectivity index (χ2v) is 8.42. The maximum Gasteiger partial charge on any atom is 0.254 e. The van der Waals surface area contributed by atoms with Crippen LogP contribution < -0.4 is 11.1 Å². The number of anilines is 1. The molecule has 2 aliphatic heterocycles. The molecule has 2 aromatic rings. The SMILES string of the molecule is CN=CC(=CN)Nc1ccc2c(c1)C(=O)N(CC(O)CN1CCc3ccccc3C1)CC2. The summed E-state index contributed by atoms with van der Waals surface area (Å²) in [6.07, 6.45) is 4.26. The fourth-order valence-corrected chi connectivity index (χ4v) is 4.52. The van der Waals surface area contributed by atoms with Gasteiger partial charge >= 0.3 is 0 Å². The Hall–Kier alpha value is -3.16. The standard InChI is InChI=1S/C25H31N5O2/c1-27-14-22(13-26)28-21-7-6-19-9-11-30(25(32)24(19)12-21)17-23(31)16-29-10-8-18-4-2-3-5-20(18)15-29/h2-7,12-14,23,28,31H,8-11,15-17,26H2,1H3. The molecule has 1 unspecified atom stereocenters. The Morgan fingerprint density at radius 2 is 1.94 bits per heavy atom. The number of aliphatic hydroxyl groups is 1. The Bertz CT molecular complexity index is 1030. The molecule has 1 amide bonds. The lowest BCUT2D eigenvalue weighted by atomic mass is 9.97. The van der Waals surface area contributed by atoms with Gasteiger partial charge < -0.3 is 21.1 Å². The Morgan fingerprint density at radius 1 is 1.16 bits per heavy atom. The van der Waals surface area contributed by atoms with Crippen molar-refractivity contribution in [3.63, 3.8) is 0 Å². The lowest BCUT2D eigenvalue weighted by Crippen LogP contribution is -2.46. The average molecular weight is 434 g/mol. The zero-order chi connectivity index (χ0) is 22.5. The first-order chi connectivity index (χ1) is 15.6. The highest BCUT2D eigenvalue weighted by Crippen LogP contribution is 2.24. The first kappa shape index (κ1) is 22.0. The molecule has 32 heavy (non-hydrogen) atoms. The summed E-state index contributed by atoms with van der Waals surface area (Å²) >= 11 is 0. The number of β-amino-alcohol motifs (C(OH)–C–C–N with tert-alkyl or cyclic N) is 1. The third kappa shape index (κ3) is 5.00. The van der Waals surface area contributed by atoms with E-state index in [0.29, 0.717) is 30.9 Å². The molecule has 4 N–H and O–H groups in total. The summed E-state index contributed by atoms with van der Waals surface area (Å²) in [5.74, 6) is -0.0413. The van der Waals surface area contributed by atoms with E-state index in [1.807, 2.05) is 18.2 Å². The number of amides is 1. The predicted molar refractivity (Wildman–Crippen MR) is 128 cm³/mol. The van der Waals surface area contributed by atoms with Crippen molar-refractivity contribution in [1.82, 2.24) is 9.80 Å². The van der Waals surface area contributed by atoms with Crippen molar-refractivity contribution in [2.75, 3.05) is 38.5 Å². The summed E-state index contributed by atoms with van der Waals surface area (Å²) in [6, 6.07) is 14.2. The van der Waals surface area contributed by atoms with Crippen molar-refractivity contribution in [2.45, 2.75) is 25.5 Å². The molecular weight excluding hydrogens is 402 g/mol. The molecule has 7 heteroatoms. The molecule has 2 aliphatic rings. The van der Waals surface area contributed by atoms with Crippen molar-refractivity contribution in [3.8, 4) is 0 Å². The maximum absolute atomic E-state index is 13.1. The van der Waals surface area contributed by atoms with Crippen LogP contribution in [0.1, 0.15) is 27.0 Å². The average Bonchev–Trinajstić information content (AvgIpc) is 2.81. The fourth-order valence-electron chi connectivity index (χ4n) is 4.52. The van der Waals surface area contributed by atoms with E-state index >= 15 is 0 Å². The number of carbonyl (C=O) groups is 1. The lowest BCUT2D eigenvalue weighted by Gasteiger charge is -2.34. The van der Waals surface area contributed by atoms with Gasteiger partial charge in [-0.25, -0.2) is 0 Å². The molecule has 1 atom stereocenters. The number of hydrogen-bond donors (Lipinski definition) is 3. The number of nitrogens with zero attached hydrogens (tertiary/aromatic N) is 3. The van der Waals surface area contributed by atoms with E-state index in [0.717, 1.165) is 37.2 Å². The van der Waals surface area contributed by atoms with Crippen LogP contribution in [0.4, 0.5) is 5.69 Å². The molecule has 0 fully saturated rings. The summed E-state index contributed by atoms with van der Waals surface area (Å²) < 4.78 is 0. The molecule has 0 saturated carbocycles. The Labute approximate surface area is 189 Å². The number of aliphatic hydroxyl groups excluding tert-OH is 1. The normalized spacial score (nSPS) is 17.9. The van der Waals surface area contributed by atoms with Gasteiger partial charge in [0.1, 0.15) is 0 Å². The Balaban J connectivity index is 1.38. The van der Waals surface area contributed by atoms with Crippen LogP contribution in [-0.2, 0) is 19.4 Å². The number of nitrogens with one attached hydrogen (secondary N) is 1. The van der Waals surface area contributed by atoms with E-state index in [-0.39, 0.29) is 5.91 Å². The number of rotatable bonds is 7. The summed E-state index contributed by atoms with van der Waals surface area (Å²) in [5, 5.41) is 13.9. The van der Waals surface area contributed by atoms with Crippen LogP contribution in [0.2, 0.25) is 0 Å². The molecule has 168 valence electrons. The van der Waals surface area contributed by atoms with Gasteiger partial charge in [0, 0.05) is 63.4 Å². The van der Waals surface area contributed by atoms with Crippen molar-refractivity contribution in [3.05, 3.63) is 76.6 Å². The molecule has 0 aromatic heterocycles. The summed E-state index contributed by atoms with van der Waals surface area (Å²) in [5.41, 5.74) is 11.5. The quantitative estimate of drug-likeness (QED) is 0.581. The zero-order valence-electron chi connectivity index (χ0n) is 18.5. The van der Waals surface area contributed by atoms with Gasteiger partial charge in [-0.05, 0) is 41.7 Å². The predicted octanol–water partition coefficient (Wildman–Crippen LogP) is 2.02. The number of aliphatic imine (C=N–C) groups is 1. The van der Waals surface area contributed by atoms with Crippen LogP contribution in [0.25, 0.3) is 0 Å². The molecule has 2 heterocycles. The molecule has 0 radical (unpaired) electrons. The van der Waals surface area contributed by atoms with E-state index in [2.05, 4.69) is 39.5 Å².